The van der Waals surface area contributed by atoms with E-state index >= 15 is 0 Å². The molecular weight excluding hydrogens is 378 g/mol. The summed E-state index contributed by atoms with van der Waals surface area (Å²) in [7, 11) is 0. The van der Waals surface area contributed by atoms with Crippen molar-refractivity contribution in [3.8, 4) is 5.75 Å². The highest BCUT2D eigenvalue weighted by Crippen LogP contribution is 2.43. The van der Waals surface area contributed by atoms with Gasteiger partial charge in [0.05, 0.1) is 11.6 Å². The number of ketones is 1. The normalized spacial score (nSPS) is 18.1. The highest BCUT2D eigenvalue weighted by molar-refractivity contribution is 6.51. The minimum atomic E-state index is -0.814. The van der Waals surface area contributed by atoms with Gasteiger partial charge in [0, 0.05) is 11.3 Å². The van der Waals surface area contributed by atoms with E-state index in [0.717, 1.165) is 11.1 Å². The van der Waals surface area contributed by atoms with Crippen LogP contribution in [0.3, 0.4) is 0 Å². The number of aliphatic hydroxyl groups is 1. The molecule has 0 radical (unpaired) electrons. The number of anilines is 1. The minimum absolute atomic E-state index is 0.0257. The van der Waals surface area contributed by atoms with Crippen LogP contribution in [0.2, 0.25) is 0 Å². The summed E-state index contributed by atoms with van der Waals surface area (Å²) < 4.78 is 0. The summed E-state index contributed by atoms with van der Waals surface area (Å²) in [5.74, 6) is -1.58. The molecule has 1 heterocycles. The lowest BCUT2D eigenvalue weighted by Crippen LogP contribution is -2.30. The maximum Gasteiger partial charge on any atom is 0.300 e. The quantitative estimate of drug-likeness (QED) is 0.382. The number of aryl methyl sites for hydroxylation is 2. The second-order valence-electron chi connectivity index (χ2n) is 7.42. The lowest BCUT2D eigenvalue weighted by Gasteiger charge is -2.27. The first kappa shape index (κ1) is 19.5. The van der Waals surface area contributed by atoms with Gasteiger partial charge in [-0.2, -0.15) is 0 Å². The van der Waals surface area contributed by atoms with E-state index < -0.39 is 17.7 Å². The van der Waals surface area contributed by atoms with Crippen LogP contribution in [0, 0.1) is 13.8 Å². The van der Waals surface area contributed by atoms with Crippen molar-refractivity contribution in [3.05, 3.63) is 101 Å². The van der Waals surface area contributed by atoms with Crippen LogP contribution in [-0.2, 0) is 9.59 Å². The molecule has 1 aliphatic heterocycles. The summed E-state index contributed by atoms with van der Waals surface area (Å²) in [5.41, 5.74) is 3.50. The van der Waals surface area contributed by atoms with Gasteiger partial charge in [0.25, 0.3) is 11.7 Å². The largest absolute Gasteiger partial charge is 0.508 e. The average molecular weight is 399 g/mol. The second kappa shape index (κ2) is 7.52. The Morgan fingerprint density at radius 1 is 0.900 bits per heavy atom. The van der Waals surface area contributed by atoms with Gasteiger partial charge in [-0.15, -0.1) is 0 Å². The van der Waals surface area contributed by atoms with Crippen LogP contribution in [0.4, 0.5) is 5.69 Å². The summed E-state index contributed by atoms with van der Waals surface area (Å²) in [6, 6.07) is 19.9. The molecule has 30 heavy (non-hydrogen) atoms. The molecule has 0 aliphatic carbocycles. The highest BCUT2D eigenvalue weighted by Gasteiger charge is 2.47. The van der Waals surface area contributed by atoms with E-state index in [-0.39, 0.29) is 17.1 Å². The smallest absolute Gasteiger partial charge is 0.300 e. The zero-order valence-corrected chi connectivity index (χ0v) is 16.7. The van der Waals surface area contributed by atoms with Gasteiger partial charge in [-0.05, 0) is 48.7 Å². The number of nitrogens with zero attached hydrogens (tertiary/aromatic N) is 1. The van der Waals surface area contributed by atoms with Gasteiger partial charge in [0.1, 0.15) is 11.5 Å². The van der Waals surface area contributed by atoms with E-state index in [1.807, 2.05) is 38.1 Å². The molecule has 1 atom stereocenters. The van der Waals surface area contributed by atoms with Crippen molar-refractivity contribution in [2.75, 3.05) is 4.90 Å². The van der Waals surface area contributed by atoms with E-state index in [1.165, 1.54) is 17.0 Å². The number of hydrogen-bond donors (Lipinski definition) is 2. The van der Waals surface area contributed by atoms with Gasteiger partial charge >= 0.3 is 0 Å². The molecule has 3 aromatic carbocycles. The molecule has 0 aromatic heterocycles. The Balaban J connectivity index is 1.98. The molecule has 0 saturated carbocycles. The molecule has 3 aromatic rings. The van der Waals surface area contributed by atoms with Crippen molar-refractivity contribution < 1.29 is 19.8 Å². The average Bonchev–Trinajstić information content (AvgIpc) is 3.01. The SMILES string of the molecule is Cc1ccc(C)c(N2C(=O)C(=O)/C(=C(/O)c3ccccc3)C2c2ccc(O)cc2)c1. The first-order chi connectivity index (χ1) is 14.4. The van der Waals surface area contributed by atoms with E-state index in [1.54, 1.807) is 36.4 Å². The van der Waals surface area contributed by atoms with Crippen molar-refractivity contribution in [1.82, 2.24) is 0 Å². The minimum Gasteiger partial charge on any atom is -0.508 e. The van der Waals surface area contributed by atoms with Crippen LogP contribution in [0.25, 0.3) is 5.76 Å². The number of aromatic hydroxyl groups is 1. The van der Waals surface area contributed by atoms with Gasteiger partial charge in [-0.1, -0.05) is 54.6 Å². The number of carbonyl (C=O) groups is 2. The number of phenolic OH excluding ortho intramolecular Hbond substituents is 1. The van der Waals surface area contributed by atoms with Gasteiger partial charge in [-0.3, -0.25) is 14.5 Å². The van der Waals surface area contributed by atoms with Crippen LogP contribution >= 0.6 is 0 Å². The van der Waals surface area contributed by atoms with Crippen molar-refractivity contribution >= 4 is 23.1 Å². The van der Waals surface area contributed by atoms with Crippen molar-refractivity contribution in [2.24, 2.45) is 0 Å². The number of hydrogen-bond acceptors (Lipinski definition) is 4. The highest BCUT2D eigenvalue weighted by atomic mass is 16.3. The molecule has 1 amide bonds. The van der Waals surface area contributed by atoms with E-state index in [9.17, 15) is 19.8 Å². The fraction of sp³-hybridized carbons (Fsp3) is 0.120. The number of benzene rings is 3. The number of Topliss-reactive ketones (excluding diaryl/α,β-unsaturated/α-hetero) is 1. The first-order valence-corrected chi connectivity index (χ1v) is 9.61. The second-order valence-corrected chi connectivity index (χ2v) is 7.42. The summed E-state index contributed by atoms with van der Waals surface area (Å²) in [4.78, 5) is 27.7. The summed E-state index contributed by atoms with van der Waals surface area (Å²) in [6.45, 7) is 3.79. The molecule has 1 unspecified atom stereocenters. The van der Waals surface area contributed by atoms with Crippen LogP contribution in [0.5, 0.6) is 5.75 Å². The van der Waals surface area contributed by atoms with Crippen molar-refractivity contribution in [3.63, 3.8) is 0 Å². The fourth-order valence-electron chi connectivity index (χ4n) is 3.78. The van der Waals surface area contributed by atoms with Crippen molar-refractivity contribution in [1.29, 1.82) is 0 Å². The maximum absolute atomic E-state index is 13.1. The molecule has 1 fully saturated rings. The monoisotopic (exact) mass is 399 g/mol. The molecule has 150 valence electrons. The lowest BCUT2D eigenvalue weighted by molar-refractivity contribution is -0.132. The summed E-state index contributed by atoms with van der Waals surface area (Å²) in [5, 5.41) is 20.7. The van der Waals surface area contributed by atoms with Crippen molar-refractivity contribution in [2.45, 2.75) is 19.9 Å². The van der Waals surface area contributed by atoms with Crippen LogP contribution in [0.1, 0.15) is 28.3 Å². The third kappa shape index (κ3) is 3.24. The Morgan fingerprint density at radius 3 is 2.23 bits per heavy atom. The van der Waals surface area contributed by atoms with Gasteiger partial charge in [0.15, 0.2) is 0 Å². The van der Waals surface area contributed by atoms with Gasteiger partial charge in [0.2, 0.25) is 0 Å². The number of carbonyl (C=O) groups excluding carboxylic acids is 2. The molecule has 1 saturated heterocycles. The van der Waals surface area contributed by atoms with Gasteiger partial charge < -0.3 is 10.2 Å². The molecule has 5 heteroatoms. The van der Waals surface area contributed by atoms with E-state index in [0.29, 0.717) is 16.8 Å². The van der Waals surface area contributed by atoms with Crippen LogP contribution in [0.15, 0.2) is 78.4 Å². The zero-order chi connectivity index (χ0) is 21.4. The first-order valence-electron chi connectivity index (χ1n) is 9.61. The molecule has 1 aliphatic rings. The number of rotatable bonds is 3. The third-order valence-electron chi connectivity index (χ3n) is 5.32. The maximum atomic E-state index is 13.1. The predicted molar refractivity (Wildman–Crippen MR) is 115 cm³/mol. The zero-order valence-electron chi connectivity index (χ0n) is 16.7. The van der Waals surface area contributed by atoms with Crippen LogP contribution in [-0.4, -0.2) is 21.9 Å². The Bertz CT molecular complexity index is 1160. The Labute approximate surface area is 174 Å². The number of phenols is 1. The lowest BCUT2D eigenvalue weighted by atomic mass is 9.94. The van der Waals surface area contributed by atoms with E-state index in [2.05, 4.69) is 0 Å². The topological polar surface area (TPSA) is 77.8 Å². The molecule has 4 rings (SSSR count). The molecule has 5 nitrogen and oxygen atoms in total. The molecule has 2 N–H and O–H groups in total. The molecular formula is C25H21NO4. The molecule has 0 bridgehead atoms. The van der Waals surface area contributed by atoms with Gasteiger partial charge in [-0.25, -0.2) is 0 Å². The predicted octanol–water partition coefficient (Wildman–Crippen LogP) is 4.64. The number of amides is 1. The summed E-state index contributed by atoms with van der Waals surface area (Å²) in [6.07, 6.45) is 0. The number of aliphatic hydroxyl groups excluding tert-OH is 1. The van der Waals surface area contributed by atoms with E-state index in [4.69, 9.17) is 0 Å². The Hall–Kier alpha value is -3.86. The summed E-state index contributed by atoms with van der Waals surface area (Å²) >= 11 is 0. The third-order valence-corrected chi connectivity index (χ3v) is 5.32. The van der Waals surface area contributed by atoms with Crippen LogP contribution < -0.4 is 4.90 Å². The Morgan fingerprint density at radius 2 is 1.57 bits per heavy atom. The fourth-order valence-corrected chi connectivity index (χ4v) is 3.78. The Kier molecular flexibility index (Phi) is 4.88. The molecule has 0 spiro atoms. The standard InChI is InChI=1S/C25H21NO4/c1-15-8-9-16(2)20(14-15)26-22(17-10-12-19(27)13-11-17)21(24(29)25(26)30)23(28)18-6-4-3-5-7-18/h3-14,22,27-28H,1-2H3/b23-21+.